The van der Waals surface area contributed by atoms with Crippen molar-refractivity contribution in [3.63, 3.8) is 0 Å². The summed E-state index contributed by atoms with van der Waals surface area (Å²) in [7, 11) is 0. The van der Waals surface area contributed by atoms with Crippen LogP contribution >= 0.6 is 15.9 Å². The van der Waals surface area contributed by atoms with Gasteiger partial charge in [-0.15, -0.1) is 0 Å². The van der Waals surface area contributed by atoms with Gasteiger partial charge in [0.1, 0.15) is 0 Å². The Morgan fingerprint density at radius 3 is 2.75 bits per heavy atom. The van der Waals surface area contributed by atoms with Gasteiger partial charge in [-0.3, -0.25) is 0 Å². The van der Waals surface area contributed by atoms with E-state index in [4.69, 9.17) is 5.11 Å². The number of halogens is 1. The molecular formula is C10H13BrO. The Morgan fingerprint density at radius 1 is 1.50 bits per heavy atom. The molecule has 0 saturated heterocycles. The van der Waals surface area contributed by atoms with Gasteiger partial charge < -0.3 is 5.11 Å². The average molecular weight is 229 g/mol. The van der Waals surface area contributed by atoms with E-state index in [-0.39, 0.29) is 12.5 Å². The summed E-state index contributed by atoms with van der Waals surface area (Å²) >= 11 is 3.41. The van der Waals surface area contributed by atoms with Crippen molar-refractivity contribution in [1.82, 2.24) is 0 Å². The third kappa shape index (κ3) is 2.08. The summed E-state index contributed by atoms with van der Waals surface area (Å²) in [4.78, 5) is 0. The third-order valence-corrected chi connectivity index (χ3v) is 2.54. The summed E-state index contributed by atoms with van der Waals surface area (Å²) in [6.07, 6.45) is 0. The molecule has 12 heavy (non-hydrogen) atoms. The normalized spacial score (nSPS) is 13.0. The van der Waals surface area contributed by atoms with Gasteiger partial charge in [0.2, 0.25) is 0 Å². The lowest BCUT2D eigenvalue weighted by molar-refractivity contribution is 0.272. The minimum atomic E-state index is 0.206. The lowest BCUT2D eigenvalue weighted by Gasteiger charge is -2.11. The van der Waals surface area contributed by atoms with Crippen molar-refractivity contribution >= 4 is 15.9 Å². The molecule has 0 aromatic heterocycles. The maximum atomic E-state index is 8.99. The fourth-order valence-corrected chi connectivity index (χ4v) is 1.62. The third-order valence-electron chi connectivity index (χ3n) is 2.05. The zero-order valence-corrected chi connectivity index (χ0v) is 8.93. The van der Waals surface area contributed by atoms with E-state index in [1.54, 1.807) is 0 Å². The first-order valence-electron chi connectivity index (χ1n) is 4.02. The van der Waals surface area contributed by atoms with Gasteiger partial charge in [-0.1, -0.05) is 28.9 Å². The SMILES string of the molecule is Cc1ccc(Br)cc1C(C)CO. The molecular weight excluding hydrogens is 216 g/mol. The van der Waals surface area contributed by atoms with Crippen LogP contribution in [0.1, 0.15) is 24.0 Å². The second-order valence-electron chi connectivity index (χ2n) is 3.08. The maximum Gasteiger partial charge on any atom is 0.0497 e. The monoisotopic (exact) mass is 228 g/mol. The summed E-state index contributed by atoms with van der Waals surface area (Å²) < 4.78 is 1.07. The zero-order valence-electron chi connectivity index (χ0n) is 7.34. The molecule has 0 bridgehead atoms. The van der Waals surface area contributed by atoms with E-state index in [1.807, 2.05) is 13.0 Å². The van der Waals surface area contributed by atoms with Gasteiger partial charge in [0.15, 0.2) is 0 Å². The van der Waals surface area contributed by atoms with E-state index in [1.165, 1.54) is 11.1 Å². The van der Waals surface area contributed by atoms with Crippen molar-refractivity contribution in [3.8, 4) is 0 Å². The van der Waals surface area contributed by atoms with Crippen LogP contribution < -0.4 is 0 Å². The van der Waals surface area contributed by atoms with Crippen LogP contribution in [-0.4, -0.2) is 11.7 Å². The van der Waals surface area contributed by atoms with E-state index in [2.05, 4.69) is 35.0 Å². The van der Waals surface area contributed by atoms with E-state index >= 15 is 0 Å². The molecule has 1 aromatic carbocycles. The molecule has 0 heterocycles. The standard InChI is InChI=1S/C10H13BrO/c1-7-3-4-9(11)5-10(7)8(2)6-12/h3-5,8,12H,6H2,1-2H3. The van der Waals surface area contributed by atoms with Crippen molar-refractivity contribution in [1.29, 1.82) is 0 Å². The van der Waals surface area contributed by atoms with Crippen LogP contribution in [0.15, 0.2) is 22.7 Å². The van der Waals surface area contributed by atoms with Crippen molar-refractivity contribution in [2.45, 2.75) is 19.8 Å². The van der Waals surface area contributed by atoms with Crippen molar-refractivity contribution in [2.24, 2.45) is 0 Å². The molecule has 1 aromatic rings. The van der Waals surface area contributed by atoms with E-state index in [0.29, 0.717) is 0 Å². The summed E-state index contributed by atoms with van der Waals surface area (Å²) in [5.74, 6) is 0.225. The Morgan fingerprint density at radius 2 is 2.17 bits per heavy atom. The van der Waals surface area contributed by atoms with Gasteiger partial charge >= 0.3 is 0 Å². The molecule has 0 saturated carbocycles. The Balaban J connectivity index is 3.04. The van der Waals surface area contributed by atoms with Crippen molar-refractivity contribution < 1.29 is 5.11 Å². The number of hydrogen-bond donors (Lipinski definition) is 1. The molecule has 0 amide bonds. The maximum absolute atomic E-state index is 8.99. The topological polar surface area (TPSA) is 20.2 Å². The van der Waals surface area contributed by atoms with Crippen molar-refractivity contribution in [3.05, 3.63) is 33.8 Å². The van der Waals surface area contributed by atoms with E-state index in [9.17, 15) is 0 Å². The molecule has 0 fully saturated rings. The lowest BCUT2D eigenvalue weighted by Crippen LogP contribution is -2.00. The number of hydrogen-bond acceptors (Lipinski definition) is 1. The average Bonchev–Trinajstić information content (AvgIpc) is 2.08. The second kappa shape index (κ2) is 4.06. The van der Waals surface area contributed by atoms with E-state index < -0.39 is 0 Å². The van der Waals surface area contributed by atoms with Gasteiger partial charge in [-0.25, -0.2) is 0 Å². The Hall–Kier alpha value is -0.340. The quantitative estimate of drug-likeness (QED) is 0.826. The Labute approximate surface area is 81.6 Å². The molecule has 1 atom stereocenters. The number of rotatable bonds is 2. The fourth-order valence-electron chi connectivity index (χ4n) is 1.24. The summed E-state index contributed by atoms with van der Waals surface area (Å²) in [5, 5.41) is 8.99. The van der Waals surface area contributed by atoms with E-state index in [0.717, 1.165) is 4.47 Å². The minimum absolute atomic E-state index is 0.206. The highest BCUT2D eigenvalue weighted by atomic mass is 79.9. The molecule has 1 unspecified atom stereocenters. The minimum Gasteiger partial charge on any atom is -0.396 e. The highest BCUT2D eigenvalue weighted by molar-refractivity contribution is 9.10. The molecule has 1 nitrogen and oxygen atoms in total. The Kier molecular flexibility index (Phi) is 3.29. The Bertz CT molecular complexity index is 271. The van der Waals surface area contributed by atoms with Crippen LogP contribution in [0.4, 0.5) is 0 Å². The first-order chi connectivity index (χ1) is 5.65. The number of aryl methyl sites for hydroxylation is 1. The molecule has 1 rings (SSSR count). The van der Waals surface area contributed by atoms with Crippen LogP contribution in [0, 0.1) is 6.92 Å². The van der Waals surface area contributed by atoms with Gasteiger partial charge in [0.05, 0.1) is 0 Å². The number of aliphatic hydroxyl groups excluding tert-OH is 1. The van der Waals surface area contributed by atoms with Crippen LogP contribution in [0.5, 0.6) is 0 Å². The highest BCUT2D eigenvalue weighted by Gasteiger charge is 2.06. The molecule has 0 aliphatic carbocycles. The van der Waals surface area contributed by atoms with Crippen LogP contribution in [0.2, 0.25) is 0 Å². The molecule has 2 heteroatoms. The van der Waals surface area contributed by atoms with Crippen LogP contribution in [0.25, 0.3) is 0 Å². The molecule has 0 aliphatic rings. The zero-order chi connectivity index (χ0) is 9.14. The van der Waals surface area contributed by atoms with Gasteiger partial charge in [0.25, 0.3) is 0 Å². The largest absolute Gasteiger partial charge is 0.396 e. The summed E-state index contributed by atoms with van der Waals surface area (Å²) in [6.45, 7) is 4.29. The first-order valence-corrected chi connectivity index (χ1v) is 4.81. The predicted octanol–water partition coefficient (Wildman–Crippen LogP) is 2.85. The van der Waals surface area contributed by atoms with Crippen LogP contribution in [-0.2, 0) is 0 Å². The summed E-state index contributed by atoms with van der Waals surface area (Å²) in [6, 6.07) is 6.14. The van der Waals surface area contributed by atoms with Crippen molar-refractivity contribution in [2.75, 3.05) is 6.61 Å². The highest BCUT2D eigenvalue weighted by Crippen LogP contribution is 2.22. The second-order valence-corrected chi connectivity index (χ2v) is 4.00. The smallest absolute Gasteiger partial charge is 0.0497 e. The molecule has 1 N–H and O–H groups in total. The fraction of sp³-hybridized carbons (Fsp3) is 0.400. The van der Waals surface area contributed by atoms with Gasteiger partial charge in [-0.2, -0.15) is 0 Å². The van der Waals surface area contributed by atoms with Gasteiger partial charge in [0, 0.05) is 17.0 Å². The number of aliphatic hydroxyl groups is 1. The van der Waals surface area contributed by atoms with Crippen LogP contribution in [0.3, 0.4) is 0 Å². The molecule has 0 spiro atoms. The van der Waals surface area contributed by atoms with Gasteiger partial charge in [-0.05, 0) is 30.2 Å². The first kappa shape index (κ1) is 9.75. The lowest BCUT2D eigenvalue weighted by atomic mass is 9.97. The summed E-state index contributed by atoms with van der Waals surface area (Å²) in [5.41, 5.74) is 2.45. The molecule has 66 valence electrons. The number of benzene rings is 1. The predicted molar refractivity (Wildman–Crippen MR) is 54.4 cm³/mol. The molecule has 0 radical (unpaired) electrons. The molecule has 0 aliphatic heterocycles.